The summed E-state index contributed by atoms with van der Waals surface area (Å²) in [7, 11) is 3.20. The van der Waals surface area contributed by atoms with Crippen LogP contribution in [-0.4, -0.2) is 16.7 Å². The molecule has 2 aromatic heterocycles. The number of fused-ring (bicyclic) bond motifs is 1. The maximum atomic E-state index is 13.1. The smallest absolute Gasteiger partial charge is 0.404 e. The summed E-state index contributed by atoms with van der Waals surface area (Å²) in [4.78, 5) is 16.3. The summed E-state index contributed by atoms with van der Waals surface area (Å²) >= 11 is 0. The molecule has 1 saturated carbocycles. The highest BCUT2D eigenvalue weighted by atomic mass is 16.5. The first-order chi connectivity index (χ1) is 12.6. The second-order valence-electron chi connectivity index (χ2n) is 6.98. The standard InChI is InChI=1S/C20H23N3O3/c1-22-18(15-12-21-16-11-7-6-10-14(15)16)20(26-2)23(25)17(19(22)24)13-8-4-3-5-9-13/h6-7,10-13,21H,3-5,8-9H2,1-2H3. The lowest BCUT2D eigenvalue weighted by atomic mass is 9.87. The van der Waals surface area contributed by atoms with Gasteiger partial charge in [0.25, 0.3) is 5.69 Å². The van der Waals surface area contributed by atoms with E-state index in [1.807, 2.05) is 30.5 Å². The van der Waals surface area contributed by atoms with Crippen molar-refractivity contribution in [3.63, 3.8) is 0 Å². The molecule has 3 aromatic rings. The zero-order valence-electron chi connectivity index (χ0n) is 15.1. The van der Waals surface area contributed by atoms with Crippen LogP contribution in [0.2, 0.25) is 0 Å². The molecule has 26 heavy (non-hydrogen) atoms. The van der Waals surface area contributed by atoms with Crippen LogP contribution >= 0.6 is 0 Å². The van der Waals surface area contributed by atoms with Crippen LogP contribution in [0.1, 0.15) is 43.7 Å². The Hall–Kier alpha value is -2.76. The van der Waals surface area contributed by atoms with Crippen LogP contribution in [-0.2, 0) is 7.05 Å². The monoisotopic (exact) mass is 353 g/mol. The summed E-state index contributed by atoms with van der Waals surface area (Å²) in [6, 6.07) is 7.81. The lowest BCUT2D eigenvalue weighted by Gasteiger charge is -2.22. The first kappa shape index (κ1) is 16.7. The maximum Gasteiger partial charge on any atom is 0.404 e. The van der Waals surface area contributed by atoms with Gasteiger partial charge in [0.1, 0.15) is 0 Å². The third-order valence-electron chi connectivity index (χ3n) is 5.49. The third-order valence-corrected chi connectivity index (χ3v) is 5.49. The van der Waals surface area contributed by atoms with Gasteiger partial charge in [0.2, 0.25) is 0 Å². The van der Waals surface area contributed by atoms with Crippen molar-refractivity contribution in [2.24, 2.45) is 7.05 Å². The molecule has 1 aliphatic carbocycles. The Bertz CT molecular complexity index is 1010. The van der Waals surface area contributed by atoms with E-state index in [-0.39, 0.29) is 17.4 Å². The number of hydrogen-bond acceptors (Lipinski definition) is 3. The summed E-state index contributed by atoms with van der Waals surface area (Å²) in [5, 5.41) is 14.0. The van der Waals surface area contributed by atoms with Crippen LogP contribution in [0.15, 0.2) is 35.3 Å². The zero-order valence-corrected chi connectivity index (χ0v) is 15.1. The molecular weight excluding hydrogens is 330 g/mol. The summed E-state index contributed by atoms with van der Waals surface area (Å²) in [5.41, 5.74) is 2.33. The molecule has 6 nitrogen and oxygen atoms in total. The molecule has 1 N–H and O–H groups in total. The number of methoxy groups -OCH3 is 1. The molecule has 0 bridgehead atoms. The Morgan fingerprint density at radius 3 is 2.69 bits per heavy atom. The van der Waals surface area contributed by atoms with E-state index >= 15 is 0 Å². The molecule has 0 spiro atoms. The van der Waals surface area contributed by atoms with E-state index in [9.17, 15) is 10.0 Å². The molecule has 0 unspecified atom stereocenters. The number of hydrogen-bond donors (Lipinski definition) is 1. The normalized spacial score (nSPS) is 15.5. The van der Waals surface area contributed by atoms with E-state index in [1.165, 1.54) is 13.5 Å². The number of ether oxygens (including phenoxy) is 1. The Morgan fingerprint density at radius 1 is 1.23 bits per heavy atom. The molecule has 0 atom stereocenters. The van der Waals surface area contributed by atoms with Crippen LogP contribution in [0, 0.1) is 5.21 Å². The molecule has 0 aliphatic heterocycles. The van der Waals surface area contributed by atoms with Crippen molar-refractivity contribution in [3.05, 3.63) is 51.7 Å². The zero-order chi connectivity index (χ0) is 18.3. The highest BCUT2D eigenvalue weighted by Crippen LogP contribution is 2.35. The fourth-order valence-corrected chi connectivity index (χ4v) is 4.17. The van der Waals surface area contributed by atoms with Crippen LogP contribution in [0.25, 0.3) is 22.2 Å². The molecule has 0 radical (unpaired) electrons. The molecule has 136 valence electrons. The largest absolute Gasteiger partial charge is 0.616 e. The minimum absolute atomic E-state index is 0.00543. The van der Waals surface area contributed by atoms with Crippen molar-refractivity contribution in [2.75, 3.05) is 7.11 Å². The fraction of sp³-hybridized carbons (Fsp3) is 0.400. The van der Waals surface area contributed by atoms with Crippen molar-refractivity contribution in [1.82, 2.24) is 9.55 Å². The van der Waals surface area contributed by atoms with Crippen LogP contribution in [0.4, 0.5) is 0 Å². The van der Waals surface area contributed by atoms with E-state index in [1.54, 1.807) is 11.6 Å². The van der Waals surface area contributed by atoms with E-state index < -0.39 is 0 Å². The Labute approximate surface area is 151 Å². The molecule has 2 heterocycles. The van der Waals surface area contributed by atoms with Gasteiger partial charge in [-0.25, -0.2) is 0 Å². The van der Waals surface area contributed by atoms with Gasteiger partial charge in [0, 0.05) is 29.7 Å². The number of rotatable bonds is 3. The number of H-pyrrole nitrogens is 1. The molecule has 6 heteroatoms. The van der Waals surface area contributed by atoms with Gasteiger partial charge >= 0.3 is 11.4 Å². The summed E-state index contributed by atoms with van der Waals surface area (Å²) in [6.45, 7) is 0. The summed E-state index contributed by atoms with van der Waals surface area (Å²) in [5.74, 6) is 0.184. The van der Waals surface area contributed by atoms with E-state index in [2.05, 4.69) is 4.98 Å². The lowest BCUT2D eigenvalue weighted by molar-refractivity contribution is -0.623. The van der Waals surface area contributed by atoms with Gasteiger partial charge in [-0.15, -0.1) is 4.73 Å². The van der Waals surface area contributed by atoms with Crippen LogP contribution < -0.4 is 15.0 Å². The number of aromatic amines is 1. The minimum atomic E-state index is -0.229. The molecule has 0 saturated heterocycles. The van der Waals surface area contributed by atoms with Crippen molar-refractivity contribution in [1.29, 1.82) is 0 Å². The Balaban J connectivity index is 1.98. The molecule has 4 rings (SSSR count). The number of benzene rings is 1. The first-order valence-corrected chi connectivity index (χ1v) is 9.10. The number of nitrogens with zero attached hydrogens (tertiary/aromatic N) is 2. The van der Waals surface area contributed by atoms with Crippen molar-refractivity contribution >= 4 is 10.9 Å². The highest BCUT2D eigenvalue weighted by molar-refractivity contribution is 5.95. The van der Waals surface area contributed by atoms with E-state index in [4.69, 9.17) is 4.74 Å². The van der Waals surface area contributed by atoms with E-state index in [0.29, 0.717) is 11.4 Å². The SMILES string of the molecule is COc1c(-c2c[nH]c3ccccc23)n(C)c(=O)c(C2CCCCC2)[n+]1[O-]. The number of aromatic nitrogens is 3. The van der Waals surface area contributed by atoms with Gasteiger partial charge in [0.15, 0.2) is 5.69 Å². The average Bonchev–Trinajstić information content (AvgIpc) is 3.09. The van der Waals surface area contributed by atoms with Gasteiger partial charge in [-0.1, -0.05) is 37.5 Å². The van der Waals surface area contributed by atoms with Crippen molar-refractivity contribution < 1.29 is 9.47 Å². The van der Waals surface area contributed by atoms with Gasteiger partial charge in [-0.05, 0) is 18.9 Å². The molecule has 1 fully saturated rings. The van der Waals surface area contributed by atoms with E-state index in [0.717, 1.165) is 46.9 Å². The van der Waals surface area contributed by atoms with Crippen LogP contribution in [0.3, 0.4) is 0 Å². The predicted molar refractivity (Wildman–Crippen MR) is 100 cm³/mol. The van der Waals surface area contributed by atoms with Crippen LogP contribution in [0.5, 0.6) is 5.88 Å². The Kier molecular flexibility index (Phi) is 4.18. The number of nitrogens with one attached hydrogen (secondary N) is 1. The molecule has 1 aromatic carbocycles. The average molecular weight is 353 g/mol. The van der Waals surface area contributed by atoms with Gasteiger partial charge in [-0.3, -0.25) is 9.36 Å². The van der Waals surface area contributed by atoms with Gasteiger partial charge < -0.3 is 14.9 Å². The number of para-hydroxylation sites is 1. The second-order valence-corrected chi connectivity index (χ2v) is 6.98. The van der Waals surface area contributed by atoms with Crippen molar-refractivity contribution in [2.45, 2.75) is 38.0 Å². The quantitative estimate of drug-likeness (QED) is 0.580. The summed E-state index contributed by atoms with van der Waals surface area (Å²) < 4.78 is 7.79. The lowest BCUT2D eigenvalue weighted by Crippen LogP contribution is -2.46. The molecular formula is C20H23N3O3. The predicted octanol–water partition coefficient (Wildman–Crippen LogP) is 3.22. The first-order valence-electron chi connectivity index (χ1n) is 9.10. The molecule has 0 amide bonds. The van der Waals surface area contributed by atoms with Crippen molar-refractivity contribution in [3.8, 4) is 17.1 Å². The van der Waals surface area contributed by atoms with Gasteiger partial charge in [-0.2, -0.15) is 0 Å². The third kappa shape index (κ3) is 2.48. The second kappa shape index (κ2) is 6.52. The van der Waals surface area contributed by atoms with Gasteiger partial charge in [0.05, 0.1) is 13.0 Å². The summed E-state index contributed by atoms with van der Waals surface area (Å²) in [6.07, 6.45) is 6.86. The topological polar surface area (TPSA) is 74.0 Å². The molecule has 1 aliphatic rings. The Morgan fingerprint density at radius 2 is 1.96 bits per heavy atom. The fourth-order valence-electron chi connectivity index (χ4n) is 4.17. The maximum absolute atomic E-state index is 13.1. The highest BCUT2D eigenvalue weighted by Gasteiger charge is 2.33. The minimum Gasteiger partial charge on any atom is -0.616 e.